The van der Waals surface area contributed by atoms with E-state index < -0.39 is 5.60 Å². The minimum Gasteiger partial charge on any atom is -0.444 e. The third-order valence-corrected chi connectivity index (χ3v) is 7.52. The summed E-state index contributed by atoms with van der Waals surface area (Å²) in [6.45, 7) is 14.4. The van der Waals surface area contributed by atoms with E-state index in [-0.39, 0.29) is 12.0 Å². The maximum absolute atomic E-state index is 12.6. The Morgan fingerprint density at radius 3 is 2.62 bits per heavy atom. The van der Waals surface area contributed by atoms with E-state index >= 15 is 0 Å². The minimum atomic E-state index is -0.543. The number of amides is 2. The van der Waals surface area contributed by atoms with Crippen LogP contribution < -0.4 is 5.32 Å². The Hall–Kier alpha value is -2.71. The predicted molar refractivity (Wildman–Crippen MR) is 132 cm³/mol. The molecule has 1 aliphatic rings. The minimum absolute atomic E-state index is 0.262. The second-order valence-electron chi connectivity index (χ2n) is 8.98. The molecule has 0 bridgehead atoms. The van der Waals surface area contributed by atoms with Crippen molar-refractivity contribution in [2.24, 2.45) is 0 Å². The number of nitrogens with one attached hydrogen (secondary N) is 1. The highest BCUT2D eigenvalue weighted by atomic mass is 32.1. The average Bonchev–Trinajstić information content (AvgIpc) is 3.26. The van der Waals surface area contributed by atoms with E-state index in [1.165, 1.54) is 28.5 Å². The number of rotatable bonds is 3. The first-order chi connectivity index (χ1) is 15.1. The number of nitrogens with zero attached hydrogens (tertiary/aromatic N) is 2. The molecule has 0 saturated carbocycles. The Morgan fingerprint density at radius 2 is 1.94 bits per heavy atom. The second kappa shape index (κ2) is 8.33. The summed E-state index contributed by atoms with van der Waals surface area (Å²) in [7, 11) is 0. The zero-order valence-corrected chi connectivity index (χ0v) is 20.6. The molecule has 2 aromatic heterocycles. The number of hydrogen-bond acceptors (Lipinski definition) is 6. The van der Waals surface area contributed by atoms with Gasteiger partial charge in [-0.1, -0.05) is 6.58 Å². The lowest BCUT2D eigenvalue weighted by molar-refractivity contribution is -0.111. The number of carbonyl (C=O) groups excluding carboxylic acids is 2. The van der Waals surface area contributed by atoms with E-state index in [1.54, 1.807) is 16.2 Å². The van der Waals surface area contributed by atoms with Crippen LogP contribution in [0.5, 0.6) is 0 Å². The quantitative estimate of drug-likeness (QED) is 0.473. The van der Waals surface area contributed by atoms with E-state index in [9.17, 15) is 9.59 Å². The predicted octanol–water partition coefficient (Wildman–Crippen LogP) is 6.06. The summed E-state index contributed by atoms with van der Waals surface area (Å²) in [6.07, 6.45) is 1.62. The zero-order chi connectivity index (χ0) is 23.2. The SMILES string of the molecule is C=CC(=O)Nc1sc2c(c1-c1nc3cc(C)c(C)cc3s1)CCN(C(=O)OC(C)(C)C)C2. The summed E-state index contributed by atoms with van der Waals surface area (Å²) in [4.78, 5) is 32.4. The Morgan fingerprint density at radius 1 is 1.22 bits per heavy atom. The van der Waals surface area contributed by atoms with Crippen molar-refractivity contribution in [3.05, 3.63) is 46.4 Å². The summed E-state index contributed by atoms with van der Waals surface area (Å²) in [5, 5.41) is 4.59. The molecule has 32 heavy (non-hydrogen) atoms. The van der Waals surface area contributed by atoms with Crippen molar-refractivity contribution < 1.29 is 14.3 Å². The fourth-order valence-corrected chi connectivity index (χ4v) is 6.11. The lowest BCUT2D eigenvalue weighted by atomic mass is 10.0. The van der Waals surface area contributed by atoms with E-state index in [1.807, 2.05) is 20.8 Å². The van der Waals surface area contributed by atoms with Crippen LogP contribution in [0.1, 0.15) is 42.3 Å². The smallest absolute Gasteiger partial charge is 0.410 e. The van der Waals surface area contributed by atoms with E-state index in [0.717, 1.165) is 36.2 Å². The van der Waals surface area contributed by atoms with Crippen molar-refractivity contribution in [2.75, 3.05) is 11.9 Å². The number of thiophene rings is 1. The summed E-state index contributed by atoms with van der Waals surface area (Å²) < 4.78 is 6.68. The van der Waals surface area contributed by atoms with Gasteiger partial charge >= 0.3 is 6.09 Å². The van der Waals surface area contributed by atoms with Crippen molar-refractivity contribution in [3.63, 3.8) is 0 Å². The van der Waals surface area contributed by atoms with Gasteiger partial charge in [-0.15, -0.1) is 22.7 Å². The van der Waals surface area contributed by atoms with Gasteiger partial charge in [-0.2, -0.15) is 0 Å². The molecule has 8 heteroatoms. The first-order valence-electron chi connectivity index (χ1n) is 10.5. The zero-order valence-electron chi connectivity index (χ0n) is 19.0. The molecule has 2 amide bonds. The molecule has 0 saturated heterocycles. The molecule has 3 heterocycles. The van der Waals surface area contributed by atoms with Crippen molar-refractivity contribution in [3.8, 4) is 10.6 Å². The fraction of sp³-hybridized carbons (Fsp3) is 0.375. The number of anilines is 1. The van der Waals surface area contributed by atoms with Crippen LogP contribution in [-0.4, -0.2) is 34.0 Å². The normalized spacial score (nSPS) is 13.7. The van der Waals surface area contributed by atoms with Crippen LogP contribution in [-0.2, 0) is 22.5 Å². The monoisotopic (exact) mass is 469 g/mol. The van der Waals surface area contributed by atoms with Crippen LogP contribution in [0.15, 0.2) is 24.8 Å². The van der Waals surface area contributed by atoms with Crippen molar-refractivity contribution in [1.29, 1.82) is 0 Å². The average molecular weight is 470 g/mol. The molecular weight excluding hydrogens is 442 g/mol. The highest BCUT2D eigenvalue weighted by Gasteiger charge is 2.31. The van der Waals surface area contributed by atoms with Crippen molar-refractivity contribution in [1.82, 2.24) is 9.88 Å². The third-order valence-electron chi connectivity index (χ3n) is 5.35. The molecule has 1 aliphatic heterocycles. The van der Waals surface area contributed by atoms with Gasteiger partial charge in [-0.3, -0.25) is 4.79 Å². The van der Waals surface area contributed by atoms with Gasteiger partial charge in [0.25, 0.3) is 0 Å². The van der Waals surface area contributed by atoms with Gasteiger partial charge in [-0.05, 0) is 75.9 Å². The van der Waals surface area contributed by atoms with Gasteiger partial charge in [-0.25, -0.2) is 9.78 Å². The summed E-state index contributed by atoms with van der Waals surface area (Å²) in [5.74, 6) is -0.262. The topological polar surface area (TPSA) is 71.5 Å². The summed E-state index contributed by atoms with van der Waals surface area (Å²) >= 11 is 3.12. The number of carbonyl (C=O) groups is 2. The molecule has 1 N–H and O–H groups in total. The molecule has 0 radical (unpaired) electrons. The number of fused-ring (bicyclic) bond motifs is 2. The highest BCUT2D eigenvalue weighted by molar-refractivity contribution is 7.23. The van der Waals surface area contributed by atoms with Gasteiger partial charge in [0, 0.05) is 17.0 Å². The van der Waals surface area contributed by atoms with E-state index in [0.29, 0.717) is 19.5 Å². The molecule has 0 fully saturated rings. The molecule has 0 unspecified atom stereocenters. The van der Waals surface area contributed by atoms with Crippen molar-refractivity contribution in [2.45, 2.75) is 53.2 Å². The number of ether oxygens (including phenoxy) is 1. The van der Waals surface area contributed by atoms with Gasteiger partial charge in [0.15, 0.2) is 0 Å². The first kappa shape index (κ1) is 22.5. The summed E-state index contributed by atoms with van der Waals surface area (Å²) in [6, 6.07) is 4.27. The lowest BCUT2D eigenvalue weighted by Gasteiger charge is -2.30. The van der Waals surface area contributed by atoms with Gasteiger partial charge in [0.1, 0.15) is 15.6 Å². The molecule has 168 valence electrons. The Labute approximate surface area is 195 Å². The maximum atomic E-state index is 12.6. The van der Waals surface area contributed by atoms with Crippen LogP contribution in [0.25, 0.3) is 20.8 Å². The molecular formula is C24H27N3O3S2. The molecule has 3 aromatic rings. The van der Waals surface area contributed by atoms with Crippen molar-refractivity contribution >= 4 is 49.9 Å². The number of aryl methyl sites for hydroxylation is 2. The second-order valence-corrected chi connectivity index (χ2v) is 11.1. The van der Waals surface area contributed by atoms with Crippen LogP contribution in [0, 0.1) is 13.8 Å². The standard InChI is InChI=1S/C24H27N3O3S2/c1-7-19(28)26-22-20(21-25-16-10-13(2)14(3)11-17(16)31-21)15-8-9-27(12-18(15)32-22)23(29)30-24(4,5)6/h7,10-11H,1,8-9,12H2,2-6H3,(H,26,28). The number of hydrogen-bond donors (Lipinski definition) is 1. The lowest BCUT2D eigenvalue weighted by Crippen LogP contribution is -2.39. The molecule has 4 rings (SSSR count). The van der Waals surface area contributed by atoms with Gasteiger partial charge in [0.2, 0.25) is 5.91 Å². The van der Waals surface area contributed by atoms with Crippen LogP contribution in [0.3, 0.4) is 0 Å². The van der Waals surface area contributed by atoms with Crippen LogP contribution in [0.4, 0.5) is 9.80 Å². The fourth-order valence-electron chi connectivity index (χ4n) is 3.65. The third kappa shape index (κ3) is 4.42. The highest BCUT2D eigenvalue weighted by Crippen LogP contribution is 2.46. The Bertz CT molecular complexity index is 1190. The van der Waals surface area contributed by atoms with E-state index in [2.05, 4.69) is 37.9 Å². The summed E-state index contributed by atoms with van der Waals surface area (Å²) in [5.41, 5.74) is 4.95. The molecule has 0 aliphatic carbocycles. The molecule has 6 nitrogen and oxygen atoms in total. The number of benzene rings is 1. The molecule has 0 atom stereocenters. The number of aromatic nitrogens is 1. The Kier molecular flexibility index (Phi) is 5.85. The van der Waals surface area contributed by atoms with Gasteiger partial charge < -0.3 is 15.0 Å². The molecule has 1 aromatic carbocycles. The Balaban J connectivity index is 1.75. The van der Waals surface area contributed by atoms with Gasteiger partial charge in [0.05, 0.1) is 16.8 Å². The number of thiazole rings is 1. The van der Waals surface area contributed by atoms with Crippen LogP contribution >= 0.6 is 22.7 Å². The first-order valence-corrected chi connectivity index (χ1v) is 12.1. The maximum Gasteiger partial charge on any atom is 0.410 e. The van der Waals surface area contributed by atoms with Crippen LogP contribution in [0.2, 0.25) is 0 Å². The largest absolute Gasteiger partial charge is 0.444 e. The molecule has 0 spiro atoms. The van der Waals surface area contributed by atoms with E-state index in [4.69, 9.17) is 9.72 Å².